The summed E-state index contributed by atoms with van der Waals surface area (Å²) in [5.41, 5.74) is 6.99. The van der Waals surface area contributed by atoms with Gasteiger partial charge in [0.1, 0.15) is 0 Å². The van der Waals surface area contributed by atoms with Crippen molar-refractivity contribution >= 4 is 18.4 Å². The minimum absolute atomic E-state index is 0. The third kappa shape index (κ3) is 4.30. The zero-order valence-corrected chi connectivity index (χ0v) is 9.41. The molecule has 0 unspecified atom stereocenters. The second-order valence-corrected chi connectivity index (χ2v) is 3.33. The Kier molecular flexibility index (Phi) is 6.16. The maximum absolute atomic E-state index is 10.4. The van der Waals surface area contributed by atoms with Crippen molar-refractivity contribution in [3.63, 3.8) is 0 Å². The molecule has 0 heterocycles. The minimum Gasteiger partial charge on any atom is -0.481 e. The van der Waals surface area contributed by atoms with Gasteiger partial charge >= 0.3 is 5.97 Å². The SMILES string of the molecule is Cl.N#Cc1ccccc1C[C@H](N)CC(=O)O. The van der Waals surface area contributed by atoms with Gasteiger partial charge in [0.05, 0.1) is 18.1 Å². The summed E-state index contributed by atoms with van der Waals surface area (Å²) in [6.07, 6.45) is 0.329. The van der Waals surface area contributed by atoms with E-state index in [4.69, 9.17) is 16.1 Å². The quantitative estimate of drug-likeness (QED) is 0.831. The number of carbonyl (C=O) groups is 1. The van der Waals surface area contributed by atoms with E-state index < -0.39 is 12.0 Å². The summed E-state index contributed by atoms with van der Waals surface area (Å²) in [6.45, 7) is 0. The van der Waals surface area contributed by atoms with Crippen molar-refractivity contribution in [2.24, 2.45) is 5.73 Å². The Morgan fingerprint density at radius 2 is 2.12 bits per heavy atom. The van der Waals surface area contributed by atoms with Crippen LogP contribution in [0.3, 0.4) is 0 Å². The van der Waals surface area contributed by atoms with E-state index in [1.54, 1.807) is 18.2 Å². The molecule has 86 valence electrons. The monoisotopic (exact) mass is 240 g/mol. The van der Waals surface area contributed by atoms with Crippen LogP contribution in [-0.4, -0.2) is 17.1 Å². The summed E-state index contributed by atoms with van der Waals surface area (Å²) < 4.78 is 0. The first-order valence-corrected chi connectivity index (χ1v) is 4.59. The molecule has 0 saturated carbocycles. The lowest BCUT2D eigenvalue weighted by molar-refractivity contribution is -0.137. The van der Waals surface area contributed by atoms with Crippen LogP contribution in [0.1, 0.15) is 17.5 Å². The van der Waals surface area contributed by atoms with Gasteiger partial charge in [-0.3, -0.25) is 4.79 Å². The average Bonchev–Trinajstić information content (AvgIpc) is 2.17. The molecule has 1 aromatic rings. The fraction of sp³-hybridized carbons (Fsp3) is 0.273. The van der Waals surface area contributed by atoms with E-state index in [1.165, 1.54) is 0 Å². The fourth-order valence-electron chi connectivity index (χ4n) is 1.39. The normalized spacial score (nSPS) is 11.0. The lowest BCUT2D eigenvalue weighted by Crippen LogP contribution is -2.26. The van der Waals surface area contributed by atoms with Gasteiger partial charge in [-0.05, 0) is 18.1 Å². The second-order valence-electron chi connectivity index (χ2n) is 3.33. The molecule has 5 heteroatoms. The number of halogens is 1. The topological polar surface area (TPSA) is 87.1 Å². The van der Waals surface area contributed by atoms with Crippen LogP contribution in [0.5, 0.6) is 0 Å². The van der Waals surface area contributed by atoms with Gasteiger partial charge in [-0.2, -0.15) is 5.26 Å². The Morgan fingerprint density at radius 1 is 1.50 bits per heavy atom. The first kappa shape index (κ1) is 14.4. The van der Waals surface area contributed by atoms with Crippen LogP contribution in [0.15, 0.2) is 24.3 Å². The molecule has 3 N–H and O–H groups in total. The molecule has 0 fully saturated rings. The van der Waals surface area contributed by atoms with Crippen molar-refractivity contribution in [2.45, 2.75) is 18.9 Å². The van der Waals surface area contributed by atoms with Crippen LogP contribution in [0.4, 0.5) is 0 Å². The molecule has 0 radical (unpaired) electrons. The second kappa shape index (κ2) is 6.83. The highest BCUT2D eigenvalue weighted by Crippen LogP contribution is 2.10. The van der Waals surface area contributed by atoms with Crippen molar-refractivity contribution in [2.75, 3.05) is 0 Å². The molecular weight excluding hydrogens is 228 g/mol. The van der Waals surface area contributed by atoms with Crippen LogP contribution in [-0.2, 0) is 11.2 Å². The Bertz CT molecular complexity index is 401. The summed E-state index contributed by atoms with van der Waals surface area (Å²) >= 11 is 0. The number of carboxylic acids is 1. The first-order valence-electron chi connectivity index (χ1n) is 4.59. The molecule has 0 amide bonds. The number of nitrogens with zero attached hydrogens (tertiary/aromatic N) is 1. The van der Waals surface area contributed by atoms with Crippen molar-refractivity contribution in [3.8, 4) is 6.07 Å². The molecule has 4 nitrogen and oxygen atoms in total. The van der Waals surface area contributed by atoms with Crippen molar-refractivity contribution in [1.29, 1.82) is 5.26 Å². The van der Waals surface area contributed by atoms with E-state index in [0.717, 1.165) is 5.56 Å². The summed E-state index contributed by atoms with van der Waals surface area (Å²) in [4.78, 5) is 10.4. The van der Waals surface area contributed by atoms with Crippen molar-refractivity contribution < 1.29 is 9.90 Å². The lowest BCUT2D eigenvalue weighted by atomic mass is 10.00. The predicted octanol–water partition coefficient (Wildman–Crippen LogP) is 1.32. The Morgan fingerprint density at radius 3 is 2.69 bits per heavy atom. The third-order valence-corrected chi connectivity index (χ3v) is 2.06. The van der Waals surface area contributed by atoms with Gasteiger partial charge in [-0.25, -0.2) is 0 Å². The molecular formula is C11H13ClN2O2. The number of rotatable bonds is 4. The van der Waals surface area contributed by atoms with Gasteiger partial charge in [0, 0.05) is 6.04 Å². The van der Waals surface area contributed by atoms with Crippen LogP contribution < -0.4 is 5.73 Å². The Labute approximate surface area is 100 Å². The van der Waals surface area contributed by atoms with Crippen molar-refractivity contribution in [3.05, 3.63) is 35.4 Å². The highest BCUT2D eigenvalue weighted by atomic mass is 35.5. The summed E-state index contributed by atoms with van der Waals surface area (Å²) in [7, 11) is 0. The molecule has 0 saturated heterocycles. The summed E-state index contributed by atoms with van der Waals surface area (Å²) in [5.74, 6) is -0.920. The molecule has 0 aliphatic rings. The van der Waals surface area contributed by atoms with E-state index in [-0.39, 0.29) is 18.8 Å². The zero-order chi connectivity index (χ0) is 11.3. The molecule has 0 aliphatic carbocycles. The van der Waals surface area contributed by atoms with Crippen LogP contribution in [0.2, 0.25) is 0 Å². The van der Waals surface area contributed by atoms with E-state index in [0.29, 0.717) is 12.0 Å². The van der Waals surface area contributed by atoms with Gasteiger partial charge in [-0.15, -0.1) is 12.4 Å². The number of benzene rings is 1. The Hall–Kier alpha value is -1.57. The fourth-order valence-corrected chi connectivity index (χ4v) is 1.39. The van der Waals surface area contributed by atoms with E-state index in [1.807, 2.05) is 6.07 Å². The van der Waals surface area contributed by atoms with E-state index in [2.05, 4.69) is 6.07 Å². The largest absolute Gasteiger partial charge is 0.481 e. The number of nitrogens with two attached hydrogens (primary N) is 1. The minimum atomic E-state index is -0.920. The first-order chi connectivity index (χ1) is 7.13. The molecule has 0 aliphatic heterocycles. The summed E-state index contributed by atoms with van der Waals surface area (Å²) in [5, 5.41) is 17.3. The third-order valence-electron chi connectivity index (χ3n) is 2.06. The molecule has 1 rings (SSSR count). The van der Waals surface area contributed by atoms with Gasteiger partial charge in [0.15, 0.2) is 0 Å². The molecule has 0 aromatic heterocycles. The average molecular weight is 241 g/mol. The van der Waals surface area contributed by atoms with Crippen LogP contribution >= 0.6 is 12.4 Å². The maximum atomic E-state index is 10.4. The van der Waals surface area contributed by atoms with Gasteiger partial charge in [0.2, 0.25) is 0 Å². The smallest absolute Gasteiger partial charge is 0.304 e. The number of hydrogen-bond acceptors (Lipinski definition) is 3. The number of hydrogen-bond donors (Lipinski definition) is 2. The summed E-state index contributed by atoms with van der Waals surface area (Å²) in [6, 6.07) is 8.67. The van der Waals surface area contributed by atoms with Gasteiger partial charge in [-0.1, -0.05) is 18.2 Å². The molecule has 0 bridgehead atoms. The predicted molar refractivity (Wildman–Crippen MR) is 62.3 cm³/mol. The number of carboxylic acid groups (broad SMARTS) is 1. The highest BCUT2D eigenvalue weighted by molar-refractivity contribution is 5.85. The molecule has 16 heavy (non-hydrogen) atoms. The van der Waals surface area contributed by atoms with E-state index in [9.17, 15) is 4.79 Å². The van der Waals surface area contributed by atoms with Crippen molar-refractivity contribution in [1.82, 2.24) is 0 Å². The highest BCUT2D eigenvalue weighted by Gasteiger charge is 2.10. The lowest BCUT2D eigenvalue weighted by Gasteiger charge is -2.09. The molecule has 1 atom stereocenters. The maximum Gasteiger partial charge on any atom is 0.304 e. The van der Waals surface area contributed by atoms with Crippen LogP contribution in [0.25, 0.3) is 0 Å². The van der Waals surface area contributed by atoms with Gasteiger partial charge < -0.3 is 10.8 Å². The van der Waals surface area contributed by atoms with Gasteiger partial charge in [0.25, 0.3) is 0 Å². The number of nitriles is 1. The van der Waals surface area contributed by atoms with Crippen LogP contribution in [0, 0.1) is 11.3 Å². The van der Waals surface area contributed by atoms with E-state index >= 15 is 0 Å². The standard InChI is InChI=1S/C11H12N2O2.ClH/c12-7-9-4-2-1-3-8(9)5-10(13)6-11(14)15;/h1-4,10H,5-6,13H2,(H,14,15);1H/t10-;/m0./s1. The zero-order valence-electron chi connectivity index (χ0n) is 8.59. The Balaban J connectivity index is 0.00000225. The molecule has 0 spiro atoms. The molecule has 1 aromatic carbocycles. The number of aliphatic carboxylic acids is 1.